The predicted octanol–water partition coefficient (Wildman–Crippen LogP) is 1.42. The minimum atomic E-state index is -0.432. The van der Waals surface area contributed by atoms with E-state index in [1.54, 1.807) is 17.0 Å². The molecular weight excluding hydrogens is 286 g/mol. The smallest absolute Gasteiger partial charge is 0.269 e. The van der Waals surface area contributed by atoms with Crippen molar-refractivity contribution >= 4 is 17.3 Å². The first-order valence-electron chi connectivity index (χ1n) is 7.54. The van der Waals surface area contributed by atoms with Gasteiger partial charge in [-0.25, -0.2) is 0 Å². The number of hydrogen-bond acceptors (Lipinski definition) is 5. The fraction of sp³-hybridized carbons (Fsp3) is 0.533. The summed E-state index contributed by atoms with van der Waals surface area (Å²) in [6, 6.07) is 6.09. The van der Waals surface area contributed by atoms with Gasteiger partial charge in [0.2, 0.25) is 5.91 Å². The second kappa shape index (κ2) is 6.41. The maximum Gasteiger partial charge on any atom is 0.269 e. The molecule has 2 fully saturated rings. The molecule has 22 heavy (non-hydrogen) atoms. The zero-order chi connectivity index (χ0) is 15.5. The molecule has 1 atom stereocenters. The highest BCUT2D eigenvalue weighted by Crippen LogP contribution is 2.26. The van der Waals surface area contributed by atoms with Crippen molar-refractivity contribution in [2.75, 3.05) is 37.7 Å². The second-order valence-electron chi connectivity index (χ2n) is 5.57. The Kier molecular flexibility index (Phi) is 4.35. The third kappa shape index (κ3) is 2.95. The summed E-state index contributed by atoms with van der Waals surface area (Å²) in [5.41, 5.74) is 0.770. The van der Waals surface area contributed by atoms with E-state index in [1.807, 2.05) is 0 Å². The number of non-ortho nitro benzene ring substituents is 1. The molecule has 0 spiro atoms. The van der Waals surface area contributed by atoms with Crippen LogP contribution in [0.5, 0.6) is 0 Å². The van der Waals surface area contributed by atoms with E-state index in [9.17, 15) is 14.9 Å². The number of rotatable bonds is 3. The van der Waals surface area contributed by atoms with E-state index in [2.05, 4.69) is 4.90 Å². The number of nitrogens with zero attached hydrogens (tertiary/aromatic N) is 3. The Balaban J connectivity index is 1.75. The summed E-state index contributed by atoms with van der Waals surface area (Å²) in [7, 11) is 0. The summed E-state index contributed by atoms with van der Waals surface area (Å²) in [4.78, 5) is 27.0. The summed E-state index contributed by atoms with van der Waals surface area (Å²) in [5, 5.41) is 10.7. The van der Waals surface area contributed by atoms with Crippen LogP contribution in [0.4, 0.5) is 11.4 Å². The molecule has 2 aliphatic rings. The number of ether oxygens (including phenoxy) is 1. The average Bonchev–Trinajstić information content (AvgIpc) is 2.56. The minimum absolute atomic E-state index is 0.0398. The molecule has 2 saturated heterocycles. The zero-order valence-electron chi connectivity index (χ0n) is 12.3. The van der Waals surface area contributed by atoms with Crippen molar-refractivity contribution in [2.45, 2.75) is 18.9 Å². The van der Waals surface area contributed by atoms with Gasteiger partial charge in [-0.2, -0.15) is 0 Å². The van der Waals surface area contributed by atoms with Crippen molar-refractivity contribution in [3.63, 3.8) is 0 Å². The van der Waals surface area contributed by atoms with Gasteiger partial charge in [-0.1, -0.05) is 0 Å². The fourth-order valence-electron chi connectivity index (χ4n) is 3.09. The molecule has 2 heterocycles. The van der Waals surface area contributed by atoms with Gasteiger partial charge in [0.15, 0.2) is 0 Å². The van der Waals surface area contributed by atoms with Crippen LogP contribution in [0.25, 0.3) is 0 Å². The van der Waals surface area contributed by atoms with Gasteiger partial charge >= 0.3 is 0 Å². The van der Waals surface area contributed by atoms with Gasteiger partial charge in [-0.05, 0) is 25.0 Å². The van der Waals surface area contributed by atoms with E-state index in [-0.39, 0.29) is 17.6 Å². The van der Waals surface area contributed by atoms with Crippen LogP contribution < -0.4 is 4.90 Å². The summed E-state index contributed by atoms with van der Waals surface area (Å²) < 4.78 is 5.34. The quantitative estimate of drug-likeness (QED) is 0.623. The van der Waals surface area contributed by atoms with E-state index in [1.165, 1.54) is 12.1 Å². The monoisotopic (exact) mass is 305 g/mol. The van der Waals surface area contributed by atoms with Crippen LogP contribution in [0.1, 0.15) is 12.8 Å². The van der Waals surface area contributed by atoms with Crippen molar-refractivity contribution in [1.82, 2.24) is 4.90 Å². The molecule has 0 radical (unpaired) electrons. The Bertz CT molecular complexity index is 554. The largest absolute Gasteiger partial charge is 0.379 e. The number of amides is 1. The third-order valence-electron chi connectivity index (χ3n) is 4.27. The number of piperidine rings is 1. The molecule has 1 amide bonds. The Morgan fingerprint density at radius 3 is 2.45 bits per heavy atom. The van der Waals surface area contributed by atoms with Gasteiger partial charge in [-0.15, -0.1) is 0 Å². The lowest BCUT2D eigenvalue weighted by Crippen LogP contribution is -2.55. The molecule has 3 rings (SSSR count). The van der Waals surface area contributed by atoms with Crippen molar-refractivity contribution in [2.24, 2.45) is 0 Å². The lowest BCUT2D eigenvalue weighted by Gasteiger charge is -2.39. The highest BCUT2D eigenvalue weighted by Gasteiger charge is 2.34. The molecule has 7 heteroatoms. The standard InChI is InChI=1S/C15H19N3O4/c19-15-14(16-8-10-22-11-9-16)2-1-7-17(15)12-3-5-13(6-4-12)18(20)21/h3-6,14H,1-2,7-11H2. The van der Waals surface area contributed by atoms with Gasteiger partial charge < -0.3 is 9.64 Å². The van der Waals surface area contributed by atoms with Gasteiger partial charge in [0, 0.05) is 37.5 Å². The topological polar surface area (TPSA) is 75.9 Å². The van der Waals surface area contributed by atoms with Gasteiger partial charge in [0.05, 0.1) is 24.2 Å². The van der Waals surface area contributed by atoms with E-state index < -0.39 is 4.92 Å². The summed E-state index contributed by atoms with van der Waals surface area (Å²) in [6.07, 6.45) is 1.80. The second-order valence-corrected chi connectivity index (χ2v) is 5.57. The van der Waals surface area contributed by atoms with Crippen LogP contribution in [-0.4, -0.2) is 54.6 Å². The Labute approximate surface area is 128 Å². The van der Waals surface area contributed by atoms with Crippen molar-refractivity contribution < 1.29 is 14.5 Å². The van der Waals surface area contributed by atoms with Crippen molar-refractivity contribution in [3.05, 3.63) is 34.4 Å². The maximum absolute atomic E-state index is 12.8. The van der Waals surface area contributed by atoms with Crippen molar-refractivity contribution in [1.29, 1.82) is 0 Å². The maximum atomic E-state index is 12.8. The first-order chi connectivity index (χ1) is 10.7. The Morgan fingerprint density at radius 2 is 1.82 bits per heavy atom. The van der Waals surface area contributed by atoms with Crippen LogP contribution in [0.15, 0.2) is 24.3 Å². The number of hydrogen-bond donors (Lipinski definition) is 0. The summed E-state index contributed by atoms with van der Waals surface area (Å²) in [6.45, 7) is 3.56. The first-order valence-corrected chi connectivity index (χ1v) is 7.54. The number of morpholine rings is 1. The lowest BCUT2D eigenvalue weighted by molar-refractivity contribution is -0.384. The number of nitro groups is 1. The summed E-state index contributed by atoms with van der Waals surface area (Å²) in [5.74, 6) is 0.0852. The molecule has 1 unspecified atom stereocenters. The molecule has 0 bridgehead atoms. The molecule has 1 aromatic carbocycles. The SMILES string of the molecule is O=C1C(N2CCOCC2)CCCN1c1ccc([N+](=O)[O-])cc1. The van der Waals surface area contributed by atoms with Gasteiger partial charge in [0.25, 0.3) is 5.69 Å². The molecular formula is C15H19N3O4. The molecule has 1 aromatic rings. The molecule has 0 aliphatic carbocycles. The van der Waals surface area contributed by atoms with Gasteiger partial charge in [-0.3, -0.25) is 19.8 Å². The van der Waals surface area contributed by atoms with E-state index in [0.29, 0.717) is 19.8 Å². The highest BCUT2D eigenvalue weighted by molar-refractivity contribution is 5.98. The summed E-state index contributed by atoms with van der Waals surface area (Å²) >= 11 is 0. The number of anilines is 1. The van der Waals surface area contributed by atoms with Crippen LogP contribution in [0.3, 0.4) is 0 Å². The van der Waals surface area contributed by atoms with E-state index in [4.69, 9.17) is 4.74 Å². The van der Waals surface area contributed by atoms with E-state index >= 15 is 0 Å². The van der Waals surface area contributed by atoms with Crippen LogP contribution in [0, 0.1) is 10.1 Å². The first kappa shape index (κ1) is 14.9. The van der Waals surface area contributed by atoms with Crippen molar-refractivity contribution in [3.8, 4) is 0 Å². The van der Waals surface area contributed by atoms with Gasteiger partial charge in [0.1, 0.15) is 0 Å². The fourth-order valence-corrected chi connectivity index (χ4v) is 3.09. The Morgan fingerprint density at radius 1 is 1.14 bits per heavy atom. The number of carbonyl (C=O) groups is 1. The normalized spacial score (nSPS) is 23.5. The molecule has 0 N–H and O–H groups in total. The molecule has 118 valence electrons. The molecule has 2 aliphatic heterocycles. The third-order valence-corrected chi connectivity index (χ3v) is 4.27. The average molecular weight is 305 g/mol. The van der Waals surface area contributed by atoms with Crippen LogP contribution >= 0.6 is 0 Å². The lowest BCUT2D eigenvalue weighted by atomic mass is 10.0. The number of nitro benzene ring substituents is 1. The zero-order valence-corrected chi connectivity index (χ0v) is 12.3. The van der Waals surface area contributed by atoms with Crippen LogP contribution in [0.2, 0.25) is 0 Å². The predicted molar refractivity (Wildman–Crippen MR) is 80.9 cm³/mol. The number of benzene rings is 1. The van der Waals surface area contributed by atoms with E-state index in [0.717, 1.165) is 31.6 Å². The molecule has 0 saturated carbocycles. The molecule has 7 nitrogen and oxygen atoms in total. The highest BCUT2D eigenvalue weighted by atomic mass is 16.6. The Hall–Kier alpha value is -1.99. The minimum Gasteiger partial charge on any atom is -0.379 e. The molecule has 0 aromatic heterocycles. The van der Waals surface area contributed by atoms with Crippen LogP contribution in [-0.2, 0) is 9.53 Å². The number of carbonyl (C=O) groups excluding carboxylic acids is 1.